The zero-order valence-corrected chi connectivity index (χ0v) is 10.9. The SMILES string of the molecule is CC(N)c1cnc(N2CCc3ccc(F)cc32)s1. The third-order valence-electron chi connectivity index (χ3n) is 3.13. The van der Waals surface area contributed by atoms with E-state index in [4.69, 9.17) is 5.73 Å². The van der Waals surface area contributed by atoms with Crippen molar-refractivity contribution in [1.29, 1.82) is 0 Å². The van der Waals surface area contributed by atoms with E-state index in [-0.39, 0.29) is 11.9 Å². The molecule has 3 nitrogen and oxygen atoms in total. The van der Waals surface area contributed by atoms with Gasteiger partial charge in [-0.15, -0.1) is 0 Å². The molecule has 0 aliphatic carbocycles. The van der Waals surface area contributed by atoms with Crippen LogP contribution in [0.4, 0.5) is 15.2 Å². The number of thiazole rings is 1. The Morgan fingerprint density at radius 3 is 3.06 bits per heavy atom. The second-order valence-electron chi connectivity index (χ2n) is 4.51. The largest absolute Gasteiger partial charge is 0.323 e. The molecule has 1 aromatic heterocycles. The van der Waals surface area contributed by atoms with Crippen molar-refractivity contribution in [3.8, 4) is 0 Å². The van der Waals surface area contributed by atoms with Crippen LogP contribution in [0.5, 0.6) is 0 Å². The molecule has 2 N–H and O–H groups in total. The number of nitrogens with zero attached hydrogens (tertiary/aromatic N) is 2. The Hall–Kier alpha value is -1.46. The highest BCUT2D eigenvalue weighted by Crippen LogP contribution is 2.37. The predicted molar refractivity (Wildman–Crippen MR) is 71.8 cm³/mol. The topological polar surface area (TPSA) is 42.1 Å². The minimum atomic E-state index is -0.204. The smallest absolute Gasteiger partial charge is 0.190 e. The Morgan fingerprint density at radius 2 is 2.33 bits per heavy atom. The molecule has 1 aliphatic heterocycles. The van der Waals surface area contributed by atoms with Gasteiger partial charge >= 0.3 is 0 Å². The van der Waals surface area contributed by atoms with E-state index < -0.39 is 0 Å². The molecule has 0 saturated heterocycles. The molecular formula is C13H14FN3S. The number of benzene rings is 1. The van der Waals surface area contributed by atoms with Gasteiger partial charge in [0.2, 0.25) is 0 Å². The molecule has 0 amide bonds. The molecule has 0 spiro atoms. The number of aromatic nitrogens is 1. The molecule has 0 radical (unpaired) electrons. The van der Waals surface area contributed by atoms with Crippen LogP contribution in [0.15, 0.2) is 24.4 Å². The van der Waals surface area contributed by atoms with Crippen LogP contribution in [0.25, 0.3) is 0 Å². The van der Waals surface area contributed by atoms with E-state index in [2.05, 4.69) is 9.88 Å². The summed E-state index contributed by atoms with van der Waals surface area (Å²) in [5, 5.41) is 0.895. The highest BCUT2D eigenvalue weighted by molar-refractivity contribution is 7.15. The van der Waals surface area contributed by atoms with Crippen LogP contribution in [-0.2, 0) is 6.42 Å². The third-order valence-corrected chi connectivity index (χ3v) is 4.36. The molecule has 0 fully saturated rings. The molecular weight excluding hydrogens is 249 g/mol. The van der Waals surface area contributed by atoms with E-state index in [0.717, 1.165) is 28.7 Å². The number of halogens is 1. The van der Waals surface area contributed by atoms with Crippen LogP contribution in [0.2, 0.25) is 0 Å². The van der Waals surface area contributed by atoms with E-state index in [1.807, 2.05) is 19.2 Å². The fourth-order valence-electron chi connectivity index (χ4n) is 2.16. The lowest BCUT2D eigenvalue weighted by Crippen LogP contribution is -2.12. The summed E-state index contributed by atoms with van der Waals surface area (Å²) in [5.41, 5.74) is 7.94. The van der Waals surface area contributed by atoms with Crippen molar-refractivity contribution in [2.75, 3.05) is 11.4 Å². The number of anilines is 2. The standard InChI is InChI=1S/C13H14FN3S/c1-8(15)12-7-16-13(18-12)17-5-4-9-2-3-10(14)6-11(9)17/h2-3,6-8H,4-5,15H2,1H3. The Bertz CT molecular complexity index is 579. The summed E-state index contributed by atoms with van der Waals surface area (Å²) in [5.74, 6) is -0.204. The second-order valence-corrected chi connectivity index (χ2v) is 5.55. The highest BCUT2D eigenvalue weighted by atomic mass is 32.1. The Balaban J connectivity index is 1.97. The minimum Gasteiger partial charge on any atom is -0.323 e. The maximum absolute atomic E-state index is 13.3. The second kappa shape index (κ2) is 4.33. The monoisotopic (exact) mass is 263 g/mol. The van der Waals surface area contributed by atoms with Gasteiger partial charge in [0.1, 0.15) is 5.82 Å². The molecule has 0 saturated carbocycles. The van der Waals surface area contributed by atoms with Crippen molar-refractivity contribution >= 4 is 22.2 Å². The van der Waals surface area contributed by atoms with Crippen LogP contribution in [0.3, 0.4) is 0 Å². The average Bonchev–Trinajstić information content (AvgIpc) is 2.93. The first-order valence-corrected chi connectivity index (χ1v) is 6.74. The lowest BCUT2D eigenvalue weighted by atomic mass is 10.2. The Labute approximate surface area is 109 Å². The van der Waals surface area contributed by atoms with Crippen LogP contribution >= 0.6 is 11.3 Å². The van der Waals surface area contributed by atoms with Gasteiger partial charge in [-0.1, -0.05) is 17.4 Å². The van der Waals surface area contributed by atoms with Gasteiger partial charge < -0.3 is 10.6 Å². The molecule has 1 aliphatic rings. The van der Waals surface area contributed by atoms with Crippen LogP contribution in [0.1, 0.15) is 23.4 Å². The fourth-order valence-corrected chi connectivity index (χ4v) is 3.07. The van der Waals surface area contributed by atoms with Gasteiger partial charge in [0.15, 0.2) is 5.13 Å². The molecule has 2 aromatic rings. The van der Waals surface area contributed by atoms with E-state index in [9.17, 15) is 4.39 Å². The number of rotatable bonds is 2. The number of fused-ring (bicyclic) bond motifs is 1. The van der Waals surface area contributed by atoms with Gasteiger partial charge in [0.25, 0.3) is 0 Å². The summed E-state index contributed by atoms with van der Waals surface area (Å²) >= 11 is 1.58. The van der Waals surface area contributed by atoms with Crippen molar-refractivity contribution in [3.63, 3.8) is 0 Å². The lowest BCUT2D eigenvalue weighted by molar-refractivity contribution is 0.628. The molecule has 3 rings (SSSR count). The third kappa shape index (κ3) is 1.89. The first-order chi connectivity index (χ1) is 8.65. The van der Waals surface area contributed by atoms with Crippen molar-refractivity contribution in [2.24, 2.45) is 5.73 Å². The lowest BCUT2D eigenvalue weighted by Gasteiger charge is -2.15. The van der Waals surface area contributed by atoms with Gasteiger partial charge in [-0.25, -0.2) is 9.37 Å². The molecule has 2 heterocycles. The van der Waals surface area contributed by atoms with Gasteiger partial charge in [0, 0.05) is 29.3 Å². The first kappa shape index (κ1) is 11.6. The maximum Gasteiger partial charge on any atom is 0.190 e. The quantitative estimate of drug-likeness (QED) is 0.905. The molecule has 0 bridgehead atoms. The summed E-state index contributed by atoms with van der Waals surface area (Å²) in [6.07, 6.45) is 2.74. The number of nitrogens with two attached hydrogens (primary N) is 1. The maximum atomic E-state index is 13.3. The molecule has 18 heavy (non-hydrogen) atoms. The van der Waals surface area contributed by atoms with Crippen LogP contribution in [0, 0.1) is 5.82 Å². The molecule has 1 atom stereocenters. The van der Waals surface area contributed by atoms with E-state index in [1.54, 1.807) is 17.4 Å². The Morgan fingerprint density at radius 1 is 1.50 bits per heavy atom. The number of hydrogen-bond donors (Lipinski definition) is 1. The predicted octanol–water partition coefficient (Wildman–Crippen LogP) is 3.00. The van der Waals surface area contributed by atoms with Crippen LogP contribution < -0.4 is 10.6 Å². The van der Waals surface area contributed by atoms with Gasteiger partial charge in [0.05, 0.1) is 0 Å². The van der Waals surface area contributed by atoms with Crippen molar-refractivity contribution in [3.05, 3.63) is 40.7 Å². The minimum absolute atomic E-state index is 0.00849. The van der Waals surface area contributed by atoms with Crippen molar-refractivity contribution in [2.45, 2.75) is 19.4 Å². The highest BCUT2D eigenvalue weighted by Gasteiger charge is 2.23. The summed E-state index contributed by atoms with van der Waals surface area (Å²) in [6.45, 7) is 2.79. The van der Waals surface area contributed by atoms with E-state index in [1.165, 1.54) is 11.6 Å². The summed E-state index contributed by atoms with van der Waals surface area (Å²) < 4.78 is 13.3. The van der Waals surface area contributed by atoms with E-state index >= 15 is 0 Å². The molecule has 1 aromatic carbocycles. The molecule has 94 valence electrons. The Kier molecular flexibility index (Phi) is 2.80. The molecule has 5 heteroatoms. The zero-order valence-electron chi connectivity index (χ0n) is 10.1. The van der Waals surface area contributed by atoms with Gasteiger partial charge in [-0.3, -0.25) is 0 Å². The zero-order chi connectivity index (χ0) is 12.7. The van der Waals surface area contributed by atoms with Crippen LogP contribution in [-0.4, -0.2) is 11.5 Å². The van der Waals surface area contributed by atoms with E-state index in [0.29, 0.717) is 0 Å². The van der Waals surface area contributed by atoms with Gasteiger partial charge in [-0.05, 0) is 31.0 Å². The van der Waals surface area contributed by atoms with Gasteiger partial charge in [-0.2, -0.15) is 0 Å². The summed E-state index contributed by atoms with van der Waals surface area (Å²) in [4.78, 5) is 7.51. The van der Waals surface area contributed by atoms with Crippen molar-refractivity contribution < 1.29 is 4.39 Å². The summed E-state index contributed by atoms with van der Waals surface area (Å²) in [7, 11) is 0. The summed E-state index contributed by atoms with van der Waals surface area (Å²) in [6, 6.07) is 4.93. The first-order valence-electron chi connectivity index (χ1n) is 5.92. The molecule has 1 unspecified atom stereocenters. The normalized spacial score (nSPS) is 15.8. The van der Waals surface area contributed by atoms with Crippen molar-refractivity contribution in [1.82, 2.24) is 4.98 Å². The number of hydrogen-bond acceptors (Lipinski definition) is 4. The average molecular weight is 263 g/mol. The fraction of sp³-hybridized carbons (Fsp3) is 0.308.